The number of pyridine rings is 1. The van der Waals surface area contributed by atoms with E-state index < -0.39 is 0 Å². The first-order valence-corrected chi connectivity index (χ1v) is 7.09. The Morgan fingerprint density at radius 3 is 2.95 bits per heavy atom. The summed E-state index contributed by atoms with van der Waals surface area (Å²) in [6.45, 7) is 1.57. The molecule has 98 valence electrons. The maximum absolute atomic E-state index is 4.65. The molecule has 0 bridgehead atoms. The van der Waals surface area contributed by atoms with Crippen LogP contribution in [0.5, 0.6) is 0 Å². The van der Waals surface area contributed by atoms with Gasteiger partial charge in [0, 0.05) is 29.9 Å². The minimum Gasteiger partial charge on any atom is -0.303 e. The first kappa shape index (κ1) is 11.4. The van der Waals surface area contributed by atoms with Crippen LogP contribution in [0.2, 0.25) is 0 Å². The van der Waals surface area contributed by atoms with E-state index in [1.165, 1.54) is 0 Å². The van der Waals surface area contributed by atoms with Crippen LogP contribution >= 0.6 is 11.3 Å². The van der Waals surface area contributed by atoms with Crippen LogP contribution in [0, 0.1) is 0 Å². The summed E-state index contributed by atoms with van der Waals surface area (Å²) in [6.07, 6.45) is 5.30. The minimum atomic E-state index is 0.763. The SMILES string of the molecule is C1=NCCn2c1nnc2-c1csc(-c2ccncc2)n1. The molecule has 6 nitrogen and oxygen atoms in total. The van der Waals surface area contributed by atoms with E-state index in [1.54, 1.807) is 29.9 Å². The number of nitrogens with zero attached hydrogens (tertiary/aromatic N) is 6. The zero-order chi connectivity index (χ0) is 13.4. The summed E-state index contributed by atoms with van der Waals surface area (Å²) in [5, 5.41) is 11.3. The number of fused-ring (bicyclic) bond motifs is 1. The third-order valence-electron chi connectivity index (χ3n) is 3.10. The van der Waals surface area contributed by atoms with Crippen molar-refractivity contribution < 1.29 is 0 Å². The Balaban J connectivity index is 1.76. The van der Waals surface area contributed by atoms with Gasteiger partial charge in [0.25, 0.3) is 0 Å². The zero-order valence-electron chi connectivity index (χ0n) is 10.5. The molecule has 0 N–H and O–H groups in total. The number of aliphatic imine (C=N–C) groups is 1. The summed E-state index contributed by atoms with van der Waals surface area (Å²) < 4.78 is 2.05. The Kier molecular flexibility index (Phi) is 2.63. The molecule has 0 spiro atoms. The summed E-state index contributed by atoms with van der Waals surface area (Å²) >= 11 is 1.60. The van der Waals surface area contributed by atoms with Crippen molar-refractivity contribution in [1.82, 2.24) is 24.7 Å². The maximum Gasteiger partial charge on any atom is 0.183 e. The standard InChI is InChI=1S/C13H10N6S/c1-3-14-4-2-9(1)13-16-10(8-20-13)12-18-17-11-7-15-5-6-19(11)12/h1-4,7-8H,5-6H2. The topological polar surface area (TPSA) is 68.8 Å². The van der Waals surface area contributed by atoms with E-state index >= 15 is 0 Å². The molecule has 3 aromatic rings. The average molecular weight is 282 g/mol. The minimum absolute atomic E-state index is 0.763. The molecule has 20 heavy (non-hydrogen) atoms. The summed E-state index contributed by atoms with van der Waals surface area (Å²) in [6, 6.07) is 3.91. The van der Waals surface area contributed by atoms with Crippen LogP contribution < -0.4 is 0 Å². The van der Waals surface area contributed by atoms with Gasteiger partial charge in [-0.2, -0.15) is 0 Å². The van der Waals surface area contributed by atoms with Gasteiger partial charge in [0.05, 0.1) is 12.8 Å². The maximum atomic E-state index is 4.65. The molecule has 7 heteroatoms. The van der Waals surface area contributed by atoms with Gasteiger partial charge >= 0.3 is 0 Å². The Morgan fingerprint density at radius 2 is 2.05 bits per heavy atom. The predicted octanol–water partition coefficient (Wildman–Crippen LogP) is 1.90. The van der Waals surface area contributed by atoms with Gasteiger partial charge < -0.3 is 4.57 Å². The highest BCUT2D eigenvalue weighted by Crippen LogP contribution is 2.28. The largest absolute Gasteiger partial charge is 0.303 e. The van der Waals surface area contributed by atoms with Gasteiger partial charge in [0.2, 0.25) is 0 Å². The van der Waals surface area contributed by atoms with Gasteiger partial charge in [0.15, 0.2) is 11.6 Å². The smallest absolute Gasteiger partial charge is 0.183 e. The highest BCUT2D eigenvalue weighted by molar-refractivity contribution is 7.13. The van der Waals surface area contributed by atoms with Crippen molar-refractivity contribution in [3.8, 4) is 22.1 Å². The highest BCUT2D eigenvalue weighted by Gasteiger charge is 2.17. The molecular formula is C13H10N6S. The third-order valence-corrected chi connectivity index (χ3v) is 3.99. The Hall–Kier alpha value is -2.41. The fourth-order valence-corrected chi connectivity index (χ4v) is 2.93. The number of aromatic nitrogens is 5. The lowest BCUT2D eigenvalue weighted by Crippen LogP contribution is -2.12. The first-order chi connectivity index (χ1) is 9.92. The normalized spacial score (nSPS) is 13.4. The second-order valence-corrected chi connectivity index (χ2v) is 5.20. The van der Waals surface area contributed by atoms with Gasteiger partial charge in [-0.1, -0.05) is 0 Å². The average Bonchev–Trinajstić information content (AvgIpc) is 3.14. The molecular weight excluding hydrogens is 272 g/mol. The molecule has 0 fully saturated rings. The van der Waals surface area contributed by atoms with Crippen LogP contribution in [-0.2, 0) is 6.54 Å². The number of hydrogen-bond acceptors (Lipinski definition) is 6. The summed E-state index contributed by atoms with van der Waals surface area (Å²) in [5.74, 6) is 1.60. The lowest BCUT2D eigenvalue weighted by atomic mass is 10.3. The third kappa shape index (κ3) is 1.83. The first-order valence-electron chi connectivity index (χ1n) is 6.21. The van der Waals surface area contributed by atoms with Crippen LogP contribution in [-0.4, -0.2) is 37.5 Å². The predicted molar refractivity (Wildman–Crippen MR) is 76.8 cm³/mol. The van der Waals surface area contributed by atoms with E-state index in [2.05, 4.69) is 29.7 Å². The van der Waals surface area contributed by atoms with E-state index in [-0.39, 0.29) is 0 Å². The molecule has 0 aliphatic carbocycles. The number of thiazole rings is 1. The number of hydrogen-bond donors (Lipinski definition) is 0. The van der Waals surface area contributed by atoms with E-state index in [0.29, 0.717) is 0 Å². The summed E-state index contributed by atoms with van der Waals surface area (Å²) in [5.41, 5.74) is 1.92. The van der Waals surface area contributed by atoms with Crippen molar-refractivity contribution in [1.29, 1.82) is 0 Å². The van der Waals surface area contributed by atoms with Crippen LogP contribution in [0.25, 0.3) is 22.1 Å². The fraction of sp³-hybridized carbons (Fsp3) is 0.154. The van der Waals surface area contributed by atoms with Crippen molar-refractivity contribution in [3.63, 3.8) is 0 Å². The summed E-state index contributed by atoms with van der Waals surface area (Å²) in [7, 11) is 0. The van der Waals surface area contributed by atoms with Crippen LogP contribution in [0.1, 0.15) is 5.82 Å². The molecule has 0 atom stereocenters. The van der Waals surface area contributed by atoms with Crippen LogP contribution in [0.4, 0.5) is 0 Å². The fourth-order valence-electron chi connectivity index (χ4n) is 2.13. The molecule has 0 saturated heterocycles. The zero-order valence-corrected chi connectivity index (χ0v) is 11.3. The van der Waals surface area contributed by atoms with E-state index in [0.717, 1.165) is 41.0 Å². The Morgan fingerprint density at radius 1 is 1.15 bits per heavy atom. The molecule has 4 rings (SSSR count). The van der Waals surface area contributed by atoms with Crippen LogP contribution in [0.3, 0.4) is 0 Å². The number of rotatable bonds is 2. The quantitative estimate of drug-likeness (QED) is 0.720. The monoisotopic (exact) mass is 282 g/mol. The molecule has 0 saturated carbocycles. The Labute approximate surface area is 118 Å². The second-order valence-electron chi connectivity index (χ2n) is 4.34. The highest BCUT2D eigenvalue weighted by atomic mass is 32.1. The van der Waals surface area contributed by atoms with Crippen molar-refractivity contribution in [2.24, 2.45) is 4.99 Å². The summed E-state index contributed by atoms with van der Waals surface area (Å²) in [4.78, 5) is 12.9. The van der Waals surface area contributed by atoms with Gasteiger partial charge in [-0.15, -0.1) is 21.5 Å². The van der Waals surface area contributed by atoms with Crippen molar-refractivity contribution >= 4 is 17.6 Å². The van der Waals surface area contributed by atoms with E-state index in [9.17, 15) is 0 Å². The van der Waals surface area contributed by atoms with Gasteiger partial charge in [-0.25, -0.2) is 4.98 Å². The van der Waals surface area contributed by atoms with Crippen molar-refractivity contribution in [2.45, 2.75) is 6.54 Å². The molecule has 0 radical (unpaired) electrons. The second kappa shape index (κ2) is 4.61. The van der Waals surface area contributed by atoms with Crippen molar-refractivity contribution in [2.75, 3.05) is 6.54 Å². The molecule has 3 aromatic heterocycles. The molecule has 1 aliphatic heterocycles. The van der Waals surface area contributed by atoms with Crippen molar-refractivity contribution in [3.05, 3.63) is 35.7 Å². The Bertz CT molecular complexity index is 773. The lowest BCUT2D eigenvalue weighted by molar-refractivity contribution is 0.691. The van der Waals surface area contributed by atoms with Gasteiger partial charge in [0.1, 0.15) is 10.7 Å². The molecule has 1 aliphatic rings. The molecule has 0 unspecified atom stereocenters. The van der Waals surface area contributed by atoms with Gasteiger partial charge in [-0.3, -0.25) is 9.98 Å². The lowest BCUT2D eigenvalue weighted by Gasteiger charge is -2.08. The molecule has 4 heterocycles. The van der Waals surface area contributed by atoms with E-state index in [4.69, 9.17) is 0 Å². The molecule has 0 amide bonds. The molecule has 0 aromatic carbocycles. The van der Waals surface area contributed by atoms with Crippen LogP contribution in [0.15, 0.2) is 34.9 Å². The van der Waals surface area contributed by atoms with E-state index in [1.807, 2.05) is 17.5 Å². The van der Waals surface area contributed by atoms with Gasteiger partial charge in [-0.05, 0) is 12.1 Å².